The molecule has 1 atom stereocenters. The van der Waals surface area contributed by atoms with E-state index in [1.807, 2.05) is 24.1 Å². The maximum Gasteiger partial charge on any atom is 0.256 e. The molecule has 132 valence electrons. The molecule has 1 aliphatic heterocycles. The third-order valence-corrected chi connectivity index (χ3v) is 5.03. The van der Waals surface area contributed by atoms with Crippen LogP contribution in [-0.2, 0) is 6.42 Å². The van der Waals surface area contributed by atoms with Gasteiger partial charge in [-0.15, -0.1) is 0 Å². The minimum Gasteiger partial charge on any atom is -0.338 e. The van der Waals surface area contributed by atoms with Crippen molar-refractivity contribution in [2.75, 3.05) is 13.1 Å². The number of likely N-dealkylation sites (tertiary alicyclic amines) is 1. The van der Waals surface area contributed by atoms with Crippen LogP contribution in [0.4, 0.5) is 0 Å². The molecule has 5 heteroatoms. The summed E-state index contributed by atoms with van der Waals surface area (Å²) in [6.07, 6.45) is 8.26. The molecule has 1 fully saturated rings. The Bertz CT molecular complexity index is 923. The predicted molar refractivity (Wildman–Crippen MR) is 101 cm³/mol. The Morgan fingerprint density at radius 2 is 2.04 bits per heavy atom. The van der Waals surface area contributed by atoms with Gasteiger partial charge in [0.2, 0.25) is 0 Å². The number of aryl methyl sites for hydroxylation is 1. The van der Waals surface area contributed by atoms with E-state index < -0.39 is 0 Å². The second kappa shape index (κ2) is 7.20. The molecule has 1 aliphatic rings. The first-order valence-electron chi connectivity index (χ1n) is 9.10. The number of fused-ring (bicyclic) bond motifs is 1. The average molecular weight is 346 g/mol. The van der Waals surface area contributed by atoms with Gasteiger partial charge in [0.15, 0.2) is 0 Å². The summed E-state index contributed by atoms with van der Waals surface area (Å²) < 4.78 is 0. The second-order valence-electron chi connectivity index (χ2n) is 7.01. The molecule has 4 rings (SSSR count). The summed E-state index contributed by atoms with van der Waals surface area (Å²) in [4.78, 5) is 27.3. The molecule has 3 aromatic rings. The largest absolute Gasteiger partial charge is 0.338 e. The molecule has 1 aromatic carbocycles. The first kappa shape index (κ1) is 16.6. The summed E-state index contributed by atoms with van der Waals surface area (Å²) in [5.41, 5.74) is 2.91. The minimum absolute atomic E-state index is 0.0393. The molecule has 1 amide bonds. The molecule has 0 bridgehead atoms. The van der Waals surface area contributed by atoms with Crippen molar-refractivity contribution in [1.82, 2.24) is 19.9 Å². The summed E-state index contributed by atoms with van der Waals surface area (Å²) >= 11 is 0. The Kier molecular flexibility index (Phi) is 4.61. The summed E-state index contributed by atoms with van der Waals surface area (Å²) in [5.74, 6) is 1.20. The number of nitrogens with zero attached hydrogens (tertiary/aromatic N) is 4. The summed E-state index contributed by atoms with van der Waals surface area (Å²) in [6, 6.07) is 10.5. The maximum absolute atomic E-state index is 12.7. The molecule has 0 unspecified atom stereocenters. The zero-order valence-electron chi connectivity index (χ0n) is 14.9. The van der Waals surface area contributed by atoms with Crippen LogP contribution in [0, 0.1) is 12.8 Å². The van der Waals surface area contributed by atoms with Gasteiger partial charge in [-0.25, -0.2) is 9.97 Å². The van der Waals surface area contributed by atoms with Crippen LogP contribution >= 0.6 is 0 Å². The quantitative estimate of drug-likeness (QED) is 0.729. The Labute approximate surface area is 153 Å². The van der Waals surface area contributed by atoms with Crippen molar-refractivity contribution in [2.45, 2.75) is 26.2 Å². The highest BCUT2D eigenvalue weighted by Gasteiger charge is 2.25. The molecule has 26 heavy (non-hydrogen) atoms. The van der Waals surface area contributed by atoms with E-state index in [0.29, 0.717) is 17.3 Å². The van der Waals surface area contributed by atoms with Gasteiger partial charge >= 0.3 is 0 Å². The molecule has 0 N–H and O–H groups in total. The fourth-order valence-electron chi connectivity index (χ4n) is 3.69. The molecule has 1 saturated heterocycles. The van der Waals surface area contributed by atoms with Crippen LogP contribution in [0.15, 0.2) is 48.9 Å². The monoisotopic (exact) mass is 346 g/mol. The molecule has 3 heterocycles. The van der Waals surface area contributed by atoms with Gasteiger partial charge in [0.05, 0.1) is 11.1 Å². The normalized spacial score (nSPS) is 17.4. The van der Waals surface area contributed by atoms with Gasteiger partial charge in [0.1, 0.15) is 5.82 Å². The van der Waals surface area contributed by atoms with E-state index in [1.165, 1.54) is 10.9 Å². The zero-order valence-corrected chi connectivity index (χ0v) is 14.9. The molecule has 0 saturated carbocycles. The van der Waals surface area contributed by atoms with Crippen LogP contribution in [-0.4, -0.2) is 38.8 Å². The predicted octanol–water partition coefficient (Wildman–Crippen LogP) is 3.43. The fourth-order valence-corrected chi connectivity index (χ4v) is 3.69. The van der Waals surface area contributed by atoms with E-state index in [1.54, 1.807) is 12.4 Å². The number of pyridine rings is 1. The highest BCUT2D eigenvalue weighted by atomic mass is 16.2. The van der Waals surface area contributed by atoms with Crippen molar-refractivity contribution in [3.05, 3.63) is 65.9 Å². The van der Waals surface area contributed by atoms with E-state index in [4.69, 9.17) is 0 Å². The summed E-state index contributed by atoms with van der Waals surface area (Å²) in [6.45, 7) is 3.42. The smallest absolute Gasteiger partial charge is 0.256 e. The number of carbonyl (C=O) groups is 1. The highest BCUT2D eigenvalue weighted by molar-refractivity contribution is 5.93. The van der Waals surface area contributed by atoms with Crippen molar-refractivity contribution in [3.8, 4) is 0 Å². The topological polar surface area (TPSA) is 59.0 Å². The summed E-state index contributed by atoms with van der Waals surface area (Å²) in [7, 11) is 0. The Morgan fingerprint density at radius 3 is 2.88 bits per heavy atom. The standard InChI is InChI=1S/C21H22N4O/c1-15-23-12-19(13-24-15)21(26)25-9-3-4-17(14-25)10-16-6-7-20-18(11-16)5-2-8-22-20/h2,5-8,11-13,17H,3-4,9-10,14H2,1H3/t17-/m0/s1. The third kappa shape index (κ3) is 3.57. The number of amides is 1. The van der Waals surface area contributed by atoms with E-state index in [0.717, 1.165) is 37.9 Å². The van der Waals surface area contributed by atoms with Crippen molar-refractivity contribution >= 4 is 16.8 Å². The van der Waals surface area contributed by atoms with Crippen molar-refractivity contribution in [2.24, 2.45) is 5.92 Å². The third-order valence-electron chi connectivity index (χ3n) is 5.03. The van der Waals surface area contributed by atoms with Crippen LogP contribution in [0.5, 0.6) is 0 Å². The van der Waals surface area contributed by atoms with E-state index in [9.17, 15) is 4.79 Å². The zero-order chi connectivity index (χ0) is 17.9. The van der Waals surface area contributed by atoms with Gasteiger partial charge in [-0.1, -0.05) is 12.1 Å². The SMILES string of the molecule is Cc1ncc(C(=O)N2CCC[C@@H](Cc3ccc4ncccc4c3)C2)cn1. The van der Waals surface area contributed by atoms with Crippen LogP contribution in [0.1, 0.15) is 34.6 Å². The van der Waals surface area contributed by atoms with Crippen molar-refractivity contribution < 1.29 is 4.79 Å². The molecule has 5 nitrogen and oxygen atoms in total. The van der Waals surface area contributed by atoms with Gasteiger partial charge in [-0.3, -0.25) is 9.78 Å². The molecular formula is C21H22N4O. The number of hydrogen-bond acceptors (Lipinski definition) is 4. The number of hydrogen-bond donors (Lipinski definition) is 0. The van der Waals surface area contributed by atoms with Gasteiger partial charge in [0.25, 0.3) is 5.91 Å². The lowest BCUT2D eigenvalue weighted by molar-refractivity contribution is 0.0672. The van der Waals surface area contributed by atoms with E-state index >= 15 is 0 Å². The highest BCUT2D eigenvalue weighted by Crippen LogP contribution is 2.23. The molecule has 0 spiro atoms. The molecule has 0 radical (unpaired) electrons. The number of aromatic nitrogens is 3. The summed E-state index contributed by atoms with van der Waals surface area (Å²) in [5, 5.41) is 1.17. The van der Waals surface area contributed by atoms with E-state index in [-0.39, 0.29) is 5.91 Å². The number of piperidine rings is 1. The lowest BCUT2D eigenvalue weighted by Crippen LogP contribution is -2.40. The first-order chi connectivity index (χ1) is 12.7. The lowest BCUT2D eigenvalue weighted by Gasteiger charge is -2.33. The minimum atomic E-state index is 0.0393. The van der Waals surface area contributed by atoms with E-state index in [2.05, 4.69) is 39.2 Å². The van der Waals surface area contributed by atoms with Crippen LogP contribution < -0.4 is 0 Å². The van der Waals surface area contributed by atoms with Gasteiger partial charge in [-0.05, 0) is 55.9 Å². The van der Waals surface area contributed by atoms with Gasteiger partial charge < -0.3 is 4.90 Å². The van der Waals surface area contributed by atoms with Crippen LogP contribution in [0.25, 0.3) is 10.9 Å². The van der Waals surface area contributed by atoms with Crippen LogP contribution in [0.3, 0.4) is 0 Å². The molecule has 0 aliphatic carbocycles. The average Bonchev–Trinajstić information content (AvgIpc) is 2.68. The second-order valence-corrected chi connectivity index (χ2v) is 7.01. The number of rotatable bonds is 3. The number of benzene rings is 1. The van der Waals surface area contributed by atoms with Crippen molar-refractivity contribution in [1.29, 1.82) is 0 Å². The Hall–Kier alpha value is -2.82. The Balaban J connectivity index is 1.45. The molecular weight excluding hydrogens is 324 g/mol. The lowest BCUT2D eigenvalue weighted by atomic mass is 9.90. The molecule has 2 aromatic heterocycles. The first-order valence-corrected chi connectivity index (χ1v) is 9.10. The number of carbonyl (C=O) groups excluding carboxylic acids is 1. The van der Waals surface area contributed by atoms with Gasteiger partial charge in [-0.2, -0.15) is 0 Å². The maximum atomic E-state index is 12.7. The fraction of sp³-hybridized carbons (Fsp3) is 0.333. The van der Waals surface area contributed by atoms with Crippen molar-refractivity contribution in [3.63, 3.8) is 0 Å². The van der Waals surface area contributed by atoms with Gasteiger partial charge in [0, 0.05) is 37.1 Å². The van der Waals surface area contributed by atoms with Crippen LogP contribution in [0.2, 0.25) is 0 Å². The Morgan fingerprint density at radius 1 is 1.19 bits per heavy atom.